The van der Waals surface area contributed by atoms with Crippen LogP contribution >= 0.6 is 0 Å². The second-order valence-electron chi connectivity index (χ2n) is 11.1. The summed E-state index contributed by atoms with van der Waals surface area (Å²) < 4.78 is 26.4. The predicted octanol–water partition coefficient (Wildman–Crippen LogP) is 5.54. The van der Waals surface area contributed by atoms with Gasteiger partial charge in [0.15, 0.2) is 11.6 Å². The molecule has 2 unspecified atom stereocenters. The number of halogens is 1. The van der Waals surface area contributed by atoms with Crippen LogP contribution in [0, 0.1) is 11.7 Å². The van der Waals surface area contributed by atoms with Gasteiger partial charge in [-0.05, 0) is 50.3 Å². The summed E-state index contributed by atoms with van der Waals surface area (Å²) in [5.74, 6) is 0.302. The number of aromatic nitrogens is 2. The van der Waals surface area contributed by atoms with E-state index in [4.69, 9.17) is 9.47 Å². The summed E-state index contributed by atoms with van der Waals surface area (Å²) in [6, 6.07) is 6.49. The zero-order valence-corrected chi connectivity index (χ0v) is 23.7. The van der Waals surface area contributed by atoms with Gasteiger partial charge in [0.2, 0.25) is 5.91 Å². The molecule has 0 radical (unpaired) electrons. The van der Waals surface area contributed by atoms with Crippen LogP contribution in [0.4, 0.5) is 15.8 Å². The summed E-state index contributed by atoms with van der Waals surface area (Å²) in [5.41, 5.74) is 3.58. The molecule has 3 aromatic rings. The topological polar surface area (TPSA) is 109 Å². The Morgan fingerprint density at radius 3 is 2.98 bits per heavy atom. The number of carbonyl (C=O) groups excluding carboxylic acids is 2. The molecule has 9 nitrogen and oxygen atoms in total. The van der Waals surface area contributed by atoms with E-state index >= 15 is 0 Å². The minimum Gasteiger partial charge on any atom is -0.492 e. The van der Waals surface area contributed by atoms with Gasteiger partial charge in [-0.1, -0.05) is 18.2 Å². The quantitative estimate of drug-likeness (QED) is 0.355. The molecular weight excluding hydrogens is 537 g/mol. The smallest absolute Gasteiger partial charge is 0.255 e. The molecule has 6 rings (SSSR count). The number of rotatable bonds is 3. The summed E-state index contributed by atoms with van der Waals surface area (Å²) in [6.07, 6.45) is 12.4. The average molecular weight is 574 g/mol. The van der Waals surface area contributed by atoms with Gasteiger partial charge in [-0.15, -0.1) is 0 Å². The molecule has 3 N–H and O–H groups in total. The predicted molar refractivity (Wildman–Crippen MR) is 158 cm³/mol. The summed E-state index contributed by atoms with van der Waals surface area (Å²) >= 11 is 0. The number of pyridine rings is 1. The normalized spacial score (nSPS) is 21.7. The zero-order valence-electron chi connectivity index (χ0n) is 23.7. The molecule has 0 spiro atoms. The number of amides is 2. The van der Waals surface area contributed by atoms with Gasteiger partial charge >= 0.3 is 0 Å². The zero-order chi connectivity index (χ0) is 29.1. The van der Waals surface area contributed by atoms with E-state index in [1.807, 2.05) is 11.0 Å². The van der Waals surface area contributed by atoms with Crippen molar-refractivity contribution in [1.82, 2.24) is 20.2 Å². The molecule has 2 amide bonds. The number of para-hydroxylation sites is 1. The third-order valence-corrected chi connectivity index (χ3v) is 8.35. The molecule has 2 aromatic heterocycles. The summed E-state index contributed by atoms with van der Waals surface area (Å²) in [6.45, 7) is 2.39. The van der Waals surface area contributed by atoms with Gasteiger partial charge in [-0.25, -0.2) is 4.39 Å². The Kier molecular flexibility index (Phi) is 8.12. The SMILES string of the molecule is COc1c(F)cccc1Nc1c2[nH]c3c1C(=O)NCC3C/C=C\CCCC(=O)N1CCCC(COc3cnccc3-2)C1. The average Bonchev–Trinajstić information content (AvgIpc) is 3.38. The lowest BCUT2D eigenvalue weighted by Crippen LogP contribution is -2.41. The second kappa shape index (κ2) is 12.3. The van der Waals surface area contributed by atoms with E-state index in [9.17, 15) is 14.0 Å². The monoisotopic (exact) mass is 573 g/mol. The van der Waals surface area contributed by atoms with Gasteiger partial charge < -0.3 is 30.0 Å². The van der Waals surface area contributed by atoms with E-state index in [1.165, 1.54) is 13.2 Å². The van der Waals surface area contributed by atoms with Gasteiger partial charge in [-0.3, -0.25) is 14.6 Å². The van der Waals surface area contributed by atoms with Gasteiger partial charge in [0.05, 0.1) is 42.5 Å². The number of carbonyl (C=O) groups is 2. The summed E-state index contributed by atoms with van der Waals surface area (Å²) in [4.78, 5) is 36.1. The van der Waals surface area contributed by atoms with Crippen molar-refractivity contribution in [3.8, 4) is 22.8 Å². The highest BCUT2D eigenvalue weighted by Gasteiger charge is 2.34. The van der Waals surface area contributed by atoms with E-state index in [0.717, 1.165) is 43.5 Å². The number of ether oxygens (including phenoxy) is 2. The number of H-pyrrole nitrogens is 1. The number of methoxy groups -OCH3 is 1. The molecule has 42 heavy (non-hydrogen) atoms. The number of hydrogen-bond acceptors (Lipinski definition) is 6. The third-order valence-electron chi connectivity index (χ3n) is 8.35. The fraction of sp³-hybridized carbons (Fsp3) is 0.406. The Balaban J connectivity index is 1.45. The Bertz CT molecular complexity index is 1500. The van der Waals surface area contributed by atoms with Crippen molar-refractivity contribution in [2.75, 3.05) is 38.7 Å². The highest BCUT2D eigenvalue weighted by atomic mass is 19.1. The lowest BCUT2D eigenvalue weighted by atomic mass is 9.93. The van der Waals surface area contributed by atoms with Gasteiger partial charge in [-0.2, -0.15) is 0 Å². The summed E-state index contributed by atoms with van der Waals surface area (Å²) in [5, 5.41) is 6.36. The van der Waals surface area contributed by atoms with E-state index in [0.29, 0.717) is 60.9 Å². The largest absolute Gasteiger partial charge is 0.492 e. The number of nitrogens with one attached hydrogen (secondary N) is 3. The number of fused-ring (bicyclic) bond motifs is 5. The van der Waals surface area contributed by atoms with Crippen LogP contribution in [0.5, 0.6) is 11.5 Å². The first-order valence-corrected chi connectivity index (χ1v) is 14.7. The van der Waals surface area contributed by atoms with Crippen LogP contribution in [-0.2, 0) is 4.79 Å². The first kappa shape index (κ1) is 27.8. The maximum absolute atomic E-state index is 14.7. The van der Waals surface area contributed by atoms with E-state index in [1.54, 1.807) is 24.5 Å². The number of anilines is 2. The van der Waals surface area contributed by atoms with Crippen LogP contribution in [0.15, 0.2) is 48.8 Å². The Hall–Kier alpha value is -4.34. The minimum absolute atomic E-state index is 0.00477. The minimum atomic E-state index is -0.508. The standard InChI is InChI=1S/C32H36FN5O4/c1-41-31-23(33)10-6-11-24(31)36-30-27-28-21(16-35-32(27)40)9-4-2-3-5-12-26(39)38-15-7-8-20(18-38)19-42-25-17-34-14-13-22(25)29(30)37-28/h2,4,6,10-11,13-14,17,20-21,36-37H,3,5,7-9,12,15-16,18-19H2,1H3,(H,35,40)/b4-2-. The van der Waals surface area contributed by atoms with Crippen LogP contribution in [0.25, 0.3) is 11.3 Å². The van der Waals surface area contributed by atoms with Crippen LogP contribution in [0.2, 0.25) is 0 Å². The number of piperidine rings is 1. The lowest BCUT2D eigenvalue weighted by Gasteiger charge is -2.33. The molecule has 0 aliphatic carbocycles. The molecular formula is C32H36FN5O4. The van der Waals surface area contributed by atoms with Gasteiger partial charge in [0, 0.05) is 55.3 Å². The Labute approximate surface area is 244 Å². The maximum atomic E-state index is 14.7. The number of aromatic amines is 1. The first-order valence-electron chi connectivity index (χ1n) is 14.7. The van der Waals surface area contributed by atoms with Gasteiger partial charge in [0.25, 0.3) is 5.91 Å². The molecule has 3 aliphatic heterocycles. The molecule has 1 aromatic carbocycles. The van der Waals surface area contributed by atoms with Crippen LogP contribution in [-0.4, -0.2) is 60.0 Å². The molecule has 4 bridgehead atoms. The third kappa shape index (κ3) is 5.57. The Morgan fingerprint density at radius 1 is 1.19 bits per heavy atom. The lowest BCUT2D eigenvalue weighted by molar-refractivity contribution is -0.133. The van der Waals surface area contributed by atoms with Crippen LogP contribution < -0.4 is 20.1 Å². The number of hydrogen-bond donors (Lipinski definition) is 3. The maximum Gasteiger partial charge on any atom is 0.255 e. The molecule has 10 heteroatoms. The Morgan fingerprint density at radius 2 is 2.10 bits per heavy atom. The second-order valence-corrected chi connectivity index (χ2v) is 11.1. The van der Waals surface area contributed by atoms with Crippen molar-refractivity contribution >= 4 is 23.2 Å². The number of allylic oxidation sites excluding steroid dienone is 2. The molecule has 220 valence electrons. The molecule has 5 heterocycles. The van der Waals surface area contributed by atoms with Gasteiger partial charge in [0.1, 0.15) is 5.75 Å². The fourth-order valence-corrected chi connectivity index (χ4v) is 6.19. The van der Waals surface area contributed by atoms with E-state index in [-0.39, 0.29) is 29.4 Å². The molecule has 2 atom stereocenters. The molecule has 1 saturated heterocycles. The first-order chi connectivity index (χ1) is 20.5. The van der Waals surface area contributed by atoms with Crippen molar-refractivity contribution in [1.29, 1.82) is 0 Å². The van der Waals surface area contributed by atoms with E-state index < -0.39 is 5.82 Å². The highest BCUT2D eigenvalue weighted by Crippen LogP contribution is 2.44. The van der Waals surface area contributed by atoms with Crippen molar-refractivity contribution in [3.63, 3.8) is 0 Å². The van der Waals surface area contributed by atoms with Crippen molar-refractivity contribution in [3.05, 3.63) is 65.9 Å². The fourth-order valence-electron chi connectivity index (χ4n) is 6.19. The van der Waals surface area contributed by atoms with Crippen LogP contribution in [0.1, 0.15) is 60.5 Å². The summed E-state index contributed by atoms with van der Waals surface area (Å²) in [7, 11) is 1.41. The number of nitrogens with zero attached hydrogens (tertiary/aromatic N) is 2. The van der Waals surface area contributed by atoms with Crippen molar-refractivity contribution < 1.29 is 23.5 Å². The molecule has 1 fully saturated rings. The van der Waals surface area contributed by atoms with Crippen molar-refractivity contribution in [2.45, 2.75) is 44.4 Å². The van der Waals surface area contributed by atoms with Crippen LogP contribution in [0.3, 0.4) is 0 Å². The van der Waals surface area contributed by atoms with E-state index in [2.05, 4.69) is 32.8 Å². The number of benzene rings is 1. The van der Waals surface area contributed by atoms with Crippen molar-refractivity contribution in [2.24, 2.45) is 5.92 Å². The molecule has 3 aliphatic rings. The molecule has 0 saturated carbocycles. The highest BCUT2D eigenvalue weighted by molar-refractivity contribution is 6.07.